The van der Waals surface area contributed by atoms with Crippen LogP contribution in [0.5, 0.6) is 0 Å². The third-order valence-corrected chi connectivity index (χ3v) is 1.61. The minimum Gasteiger partial charge on any atom is -0.478 e. The number of hydrogen-bond acceptors (Lipinski definition) is 5. The normalized spacial score (nSPS) is 8.79. The first-order valence-electron chi connectivity index (χ1n) is 3.95. The fourth-order valence-electron chi connectivity index (χ4n) is 0.914. The highest BCUT2D eigenvalue weighted by Gasteiger charge is 2.17. The Kier molecular flexibility index (Phi) is 5.13. The molecule has 0 rings (SSSR count). The van der Waals surface area contributed by atoms with Gasteiger partial charge in [-0.2, -0.15) is 0 Å². The second-order valence-electron chi connectivity index (χ2n) is 2.41. The number of esters is 1. The average molecular weight is 202 g/mol. The molecule has 14 heavy (non-hydrogen) atoms. The van der Waals surface area contributed by atoms with E-state index in [-0.39, 0.29) is 12.0 Å². The zero-order valence-corrected chi connectivity index (χ0v) is 8.38. The lowest BCUT2D eigenvalue weighted by molar-refractivity contribution is -0.142. The topological polar surface area (TPSA) is 87.7 Å². The SMILES string of the molecule is CNC(NC)=C(CC(=O)OC)C(=O)O. The molecule has 0 radical (unpaired) electrons. The second-order valence-corrected chi connectivity index (χ2v) is 2.41. The van der Waals surface area contributed by atoms with Crippen LogP contribution in [0.2, 0.25) is 0 Å². The molecule has 80 valence electrons. The molecule has 0 aromatic carbocycles. The Hall–Kier alpha value is -1.72. The van der Waals surface area contributed by atoms with E-state index in [0.29, 0.717) is 5.82 Å². The van der Waals surface area contributed by atoms with Crippen molar-refractivity contribution in [2.75, 3.05) is 21.2 Å². The van der Waals surface area contributed by atoms with Crippen molar-refractivity contribution in [3.05, 3.63) is 11.4 Å². The van der Waals surface area contributed by atoms with Gasteiger partial charge in [0.2, 0.25) is 0 Å². The van der Waals surface area contributed by atoms with Crippen LogP contribution < -0.4 is 10.6 Å². The van der Waals surface area contributed by atoms with Gasteiger partial charge in [-0.1, -0.05) is 0 Å². The molecule has 0 aliphatic rings. The quantitative estimate of drug-likeness (QED) is 0.403. The van der Waals surface area contributed by atoms with Gasteiger partial charge in [0.1, 0.15) is 5.82 Å². The van der Waals surface area contributed by atoms with Crippen LogP contribution in [0.15, 0.2) is 11.4 Å². The minimum atomic E-state index is -1.16. The highest BCUT2D eigenvalue weighted by molar-refractivity contribution is 5.93. The number of carbonyl (C=O) groups is 2. The minimum absolute atomic E-state index is 0.0538. The van der Waals surface area contributed by atoms with Crippen LogP contribution >= 0.6 is 0 Å². The summed E-state index contributed by atoms with van der Waals surface area (Å²) in [6, 6.07) is 0. The molecule has 0 heterocycles. The van der Waals surface area contributed by atoms with Crippen molar-refractivity contribution in [3.63, 3.8) is 0 Å². The van der Waals surface area contributed by atoms with Crippen LogP contribution in [-0.2, 0) is 14.3 Å². The molecule has 0 aromatic rings. The van der Waals surface area contributed by atoms with Gasteiger partial charge < -0.3 is 20.5 Å². The molecule has 0 aliphatic heterocycles. The molecule has 0 aromatic heterocycles. The summed E-state index contributed by atoms with van der Waals surface area (Å²) >= 11 is 0. The molecule has 6 nitrogen and oxygen atoms in total. The molecule has 0 bridgehead atoms. The van der Waals surface area contributed by atoms with Crippen LogP contribution in [0.4, 0.5) is 0 Å². The lowest BCUT2D eigenvalue weighted by atomic mass is 10.2. The summed E-state index contributed by atoms with van der Waals surface area (Å²) in [5.74, 6) is -1.46. The van der Waals surface area contributed by atoms with E-state index in [0.717, 1.165) is 0 Å². The number of rotatable bonds is 5. The van der Waals surface area contributed by atoms with E-state index in [9.17, 15) is 9.59 Å². The molecule has 0 fully saturated rings. The van der Waals surface area contributed by atoms with Crippen LogP contribution in [0.3, 0.4) is 0 Å². The maximum Gasteiger partial charge on any atom is 0.335 e. The third kappa shape index (κ3) is 3.34. The number of ether oxygens (including phenoxy) is 1. The van der Waals surface area contributed by atoms with Crippen molar-refractivity contribution in [3.8, 4) is 0 Å². The molecule has 0 saturated heterocycles. The predicted molar refractivity (Wildman–Crippen MR) is 49.4 cm³/mol. The largest absolute Gasteiger partial charge is 0.478 e. The number of methoxy groups -OCH3 is 1. The zero-order valence-electron chi connectivity index (χ0n) is 8.38. The molecular weight excluding hydrogens is 188 g/mol. The number of carboxylic acids is 1. The van der Waals surface area contributed by atoms with E-state index in [2.05, 4.69) is 15.4 Å². The van der Waals surface area contributed by atoms with E-state index in [1.807, 2.05) is 0 Å². The Balaban J connectivity index is 4.83. The van der Waals surface area contributed by atoms with Gasteiger partial charge in [0.25, 0.3) is 0 Å². The molecular formula is C8H14N2O4. The highest BCUT2D eigenvalue weighted by atomic mass is 16.5. The number of aliphatic carboxylic acids is 1. The number of carbonyl (C=O) groups excluding carboxylic acids is 1. The van der Waals surface area contributed by atoms with Crippen LogP contribution in [0.1, 0.15) is 6.42 Å². The number of carboxylic acid groups (broad SMARTS) is 1. The Morgan fingerprint density at radius 2 is 1.79 bits per heavy atom. The Morgan fingerprint density at radius 3 is 2.07 bits per heavy atom. The maximum absolute atomic E-state index is 10.9. The Morgan fingerprint density at radius 1 is 1.29 bits per heavy atom. The molecule has 0 atom stereocenters. The molecule has 0 amide bonds. The smallest absolute Gasteiger partial charge is 0.335 e. The van der Waals surface area contributed by atoms with Crippen molar-refractivity contribution in [1.82, 2.24) is 10.6 Å². The zero-order chi connectivity index (χ0) is 11.1. The van der Waals surface area contributed by atoms with Crippen molar-refractivity contribution in [2.24, 2.45) is 0 Å². The summed E-state index contributed by atoms with van der Waals surface area (Å²) in [7, 11) is 4.33. The van der Waals surface area contributed by atoms with Crippen LogP contribution in [0, 0.1) is 0 Å². The van der Waals surface area contributed by atoms with Crippen molar-refractivity contribution < 1.29 is 19.4 Å². The van der Waals surface area contributed by atoms with Gasteiger partial charge in [-0.3, -0.25) is 4.79 Å². The van der Waals surface area contributed by atoms with E-state index < -0.39 is 11.9 Å². The average Bonchev–Trinajstić information content (AvgIpc) is 2.17. The molecule has 0 saturated carbocycles. The summed E-state index contributed by atoms with van der Waals surface area (Å²) in [6.45, 7) is 0. The maximum atomic E-state index is 10.9. The van der Waals surface area contributed by atoms with E-state index in [1.54, 1.807) is 14.1 Å². The Bertz CT molecular complexity index is 254. The second kappa shape index (κ2) is 5.85. The monoisotopic (exact) mass is 202 g/mol. The summed E-state index contributed by atoms with van der Waals surface area (Å²) in [4.78, 5) is 21.7. The summed E-state index contributed by atoms with van der Waals surface area (Å²) in [5.41, 5.74) is -0.0538. The van der Waals surface area contributed by atoms with Gasteiger partial charge in [-0.15, -0.1) is 0 Å². The molecule has 0 aliphatic carbocycles. The van der Waals surface area contributed by atoms with Crippen molar-refractivity contribution in [1.29, 1.82) is 0 Å². The molecule has 6 heteroatoms. The summed E-state index contributed by atoms with van der Waals surface area (Å²) in [6.07, 6.45) is -0.275. The summed E-state index contributed by atoms with van der Waals surface area (Å²) < 4.78 is 4.38. The van der Waals surface area contributed by atoms with Gasteiger partial charge in [0.15, 0.2) is 0 Å². The van der Waals surface area contributed by atoms with E-state index >= 15 is 0 Å². The van der Waals surface area contributed by atoms with E-state index in [1.165, 1.54) is 7.11 Å². The fourth-order valence-corrected chi connectivity index (χ4v) is 0.914. The molecule has 0 unspecified atom stereocenters. The first-order valence-corrected chi connectivity index (χ1v) is 3.95. The Labute approximate surface area is 81.9 Å². The van der Waals surface area contributed by atoms with Crippen molar-refractivity contribution in [2.45, 2.75) is 6.42 Å². The molecule has 3 N–H and O–H groups in total. The van der Waals surface area contributed by atoms with Crippen LogP contribution in [-0.4, -0.2) is 38.3 Å². The lowest BCUT2D eigenvalue weighted by Gasteiger charge is -2.10. The van der Waals surface area contributed by atoms with Gasteiger partial charge in [0.05, 0.1) is 19.1 Å². The van der Waals surface area contributed by atoms with Gasteiger partial charge in [-0.25, -0.2) is 4.79 Å². The summed E-state index contributed by atoms with van der Waals surface area (Å²) in [5, 5.41) is 14.1. The molecule has 0 spiro atoms. The van der Waals surface area contributed by atoms with Gasteiger partial charge in [0, 0.05) is 14.1 Å². The predicted octanol–water partition coefficient (Wildman–Crippen LogP) is -0.715. The highest BCUT2D eigenvalue weighted by Crippen LogP contribution is 2.05. The fraction of sp³-hybridized carbons (Fsp3) is 0.500. The van der Waals surface area contributed by atoms with Gasteiger partial charge in [-0.05, 0) is 0 Å². The number of hydrogen-bond donors (Lipinski definition) is 3. The lowest BCUT2D eigenvalue weighted by Crippen LogP contribution is -2.26. The first-order chi connectivity index (χ1) is 6.56. The first kappa shape index (κ1) is 12.3. The number of nitrogens with one attached hydrogen (secondary N) is 2. The van der Waals surface area contributed by atoms with E-state index in [4.69, 9.17) is 5.11 Å². The third-order valence-electron chi connectivity index (χ3n) is 1.61. The van der Waals surface area contributed by atoms with Crippen molar-refractivity contribution >= 4 is 11.9 Å². The van der Waals surface area contributed by atoms with Gasteiger partial charge >= 0.3 is 11.9 Å². The van der Waals surface area contributed by atoms with Crippen LogP contribution in [0.25, 0.3) is 0 Å². The standard InChI is InChI=1S/C8H14N2O4/c1-9-7(10-2)5(8(12)13)4-6(11)14-3/h9-10H,4H2,1-3H3,(H,12,13).